The van der Waals surface area contributed by atoms with Gasteiger partial charge in [0.05, 0.1) is 17.1 Å². The summed E-state index contributed by atoms with van der Waals surface area (Å²) >= 11 is 0. The second-order valence-electron chi connectivity index (χ2n) is 2.07. The molecule has 1 rings (SSSR count). The molecule has 7 heteroatoms. The van der Waals surface area contributed by atoms with Crippen LogP contribution in [0.2, 0.25) is 0 Å². The highest BCUT2D eigenvalue weighted by molar-refractivity contribution is 5.22. The van der Waals surface area contributed by atoms with Gasteiger partial charge in [-0.2, -0.15) is 0 Å². The smallest absolute Gasteiger partial charge is 0.393 e. The van der Waals surface area contributed by atoms with Crippen LogP contribution in [-0.2, 0) is 4.74 Å². The van der Waals surface area contributed by atoms with E-state index in [9.17, 15) is 15.2 Å². The third-order valence-electron chi connectivity index (χ3n) is 1.20. The summed E-state index contributed by atoms with van der Waals surface area (Å²) in [7, 11) is 0. The normalized spacial score (nSPS) is 18.4. The highest BCUT2D eigenvalue weighted by Crippen LogP contribution is 2.17. The van der Waals surface area contributed by atoms with Crippen LogP contribution in [0.4, 0.5) is 0 Å². The van der Waals surface area contributed by atoms with Gasteiger partial charge in [0.15, 0.2) is 0 Å². The first kappa shape index (κ1) is 9.17. The molecule has 0 bridgehead atoms. The quantitative estimate of drug-likeness (QED) is 0.353. The van der Waals surface area contributed by atoms with Gasteiger partial charge in [0, 0.05) is 0 Å². The molecule has 70 valence electrons. The fourth-order valence-electron chi connectivity index (χ4n) is 0.679. The minimum atomic E-state index is -0.726. The minimum absolute atomic E-state index is 0.145. The van der Waals surface area contributed by atoms with Gasteiger partial charge in [-0.15, -0.1) is 0 Å². The molecule has 0 saturated heterocycles. The maximum absolute atomic E-state index is 10.9. The van der Waals surface area contributed by atoms with Crippen molar-refractivity contribution in [3.63, 3.8) is 0 Å². The van der Waals surface area contributed by atoms with Crippen molar-refractivity contribution >= 4 is 0 Å². The fraction of sp³-hybridized carbons (Fsp3) is 0.333. The molecule has 0 fully saturated rings. The van der Waals surface area contributed by atoms with E-state index in [1.165, 1.54) is 0 Å². The summed E-state index contributed by atoms with van der Waals surface area (Å²) in [4.78, 5) is 9.42. The van der Waals surface area contributed by atoms with Crippen LogP contribution >= 0.6 is 0 Å². The lowest BCUT2D eigenvalue weighted by molar-refractivity contribution is -0.426. The Morgan fingerprint density at radius 2 is 2.38 bits per heavy atom. The van der Waals surface area contributed by atoms with Crippen molar-refractivity contribution in [1.29, 1.82) is 0 Å². The summed E-state index contributed by atoms with van der Waals surface area (Å²) in [5.74, 6) is -1.16. The van der Waals surface area contributed by atoms with Crippen molar-refractivity contribution in [2.45, 2.75) is 6.92 Å². The third-order valence-corrected chi connectivity index (χ3v) is 1.20. The lowest BCUT2D eigenvalue weighted by atomic mass is 10.4. The fourth-order valence-corrected chi connectivity index (χ4v) is 0.679. The molecule has 1 heterocycles. The summed E-state index contributed by atoms with van der Waals surface area (Å²) < 4.78 is 4.56. The van der Waals surface area contributed by atoms with Crippen LogP contribution in [-0.4, -0.2) is 11.5 Å². The van der Waals surface area contributed by atoms with Crippen molar-refractivity contribution in [2.24, 2.45) is 10.2 Å². The highest BCUT2D eigenvalue weighted by atomic mass is 16.6. The molecule has 0 N–H and O–H groups in total. The number of nitro groups is 1. The molecule has 0 unspecified atom stereocenters. The van der Waals surface area contributed by atoms with Gasteiger partial charge in [0.25, 0.3) is 0 Å². The second kappa shape index (κ2) is 3.65. The molecule has 1 aliphatic rings. The van der Waals surface area contributed by atoms with Crippen LogP contribution < -0.4 is 5.11 Å². The van der Waals surface area contributed by atoms with Crippen LogP contribution in [0.1, 0.15) is 6.92 Å². The number of azo groups is 1. The van der Waals surface area contributed by atoms with Crippen LogP contribution in [0.25, 0.3) is 0 Å². The van der Waals surface area contributed by atoms with Crippen molar-refractivity contribution in [1.82, 2.24) is 0 Å². The summed E-state index contributed by atoms with van der Waals surface area (Å²) in [6.45, 7) is 1.82. The first-order chi connectivity index (χ1) is 6.15. The van der Waals surface area contributed by atoms with Crippen LogP contribution in [0.5, 0.6) is 0 Å². The number of ether oxygens (including phenoxy) is 1. The molecule has 0 radical (unpaired) electrons. The number of hydrogen-bond acceptors (Lipinski definition) is 6. The predicted molar refractivity (Wildman–Crippen MR) is 38.6 cm³/mol. The Kier molecular flexibility index (Phi) is 2.58. The Bertz CT molecular complexity index is 318. The van der Waals surface area contributed by atoms with E-state index in [2.05, 4.69) is 15.0 Å². The maximum atomic E-state index is 10.9. The third kappa shape index (κ3) is 2.01. The molecule has 0 aromatic heterocycles. The van der Waals surface area contributed by atoms with Gasteiger partial charge in [-0.1, -0.05) is 6.92 Å². The van der Waals surface area contributed by atoms with E-state index in [-0.39, 0.29) is 12.3 Å². The summed E-state index contributed by atoms with van der Waals surface area (Å²) in [6.07, 6.45) is 0.970. The van der Waals surface area contributed by atoms with Gasteiger partial charge < -0.3 is 20.0 Å². The largest absolute Gasteiger partial charge is 0.612 e. The summed E-state index contributed by atoms with van der Waals surface area (Å²) in [5.41, 5.74) is -0.145. The molecular formula is C6H6N3O4-. The number of hydrogen-bond donors (Lipinski definition) is 0. The molecular weight excluding hydrogens is 178 g/mol. The Morgan fingerprint density at radius 1 is 1.69 bits per heavy atom. The first-order valence-corrected chi connectivity index (χ1v) is 3.47. The summed E-state index contributed by atoms with van der Waals surface area (Å²) in [5, 5.41) is 27.5. The van der Waals surface area contributed by atoms with Crippen molar-refractivity contribution in [2.75, 3.05) is 6.61 Å². The maximum Gasteiger partial charge on any atom is 0.393 e. The molecule has 0 atom stereocenters. The van der Waals surface area contributed by atoms with Crippen molar-refractivity contribution in [3.8, 4) is 0 Å². The summed E-state index contributed by atoms with van der Waals surface area (Å²) in [6, 6.07) is 0. The SMILES string of the molecule is CCO/C([O-])=C1\C=C([N+](=O)[O-])N=N1. The Labute approximate surface area is 73.2 Å². The van der Waals surface area contributed by atoms with Crippen molar-refractivity contribution in [3.05, 3.63) is 33.7 Å². The van der Waals surface area contributed by atoms with Crippen LogP contribution in [0.3, 0.4) is 0 Å². The lowest BCUT2D eigenvalue weighted by Crippen LogP contribution is -2.09. The molecule has 7 nitrogen and oxygen atoms in total. The number of rotatable bonds is 3. The Morgan fingerprint density at radius 3 is 2.85 bits per heavy atom. The van der Waals surface area contributed by atoms with Crippen LogP contribution in [0, 0.1) is 10.1 Å². The number of allylic oxidation sites excluding steroid dienone is 1. The topological polar surface area (TPSA) is 100 Å². The van der Waals surface area contributed by atoms with Gasteiger partial charge in [-0.3, -0.25) is 0 Å². The van der Waals surface area contributed by atoms with Crippen LogP contribution in [0.15, 0.2) is 33.8 Å². The standard InChI is InChI=1S/C6H7N3O4/c1-2-13-6(10)4-3-5(8-7-4)9(11)12/h3,10H,2H2,1H3/p-1/b6-4+. The molecule has 0 saturated carbocycles. The monoisotopic (exact) mass is 184 g/mol. The minimum Gasteiger partial charge on any atom is -0.612 e. The van der Waals surface area contributed by atoms with Crippen molar-refractivity contribution < 1.29 is 14.8 Å². The van der Waals surface area contributed by atoms with E-state index in [4.69, 9.17) is 0 Å². The lowest BCUT2D eigenvalue weighted by Gasteiger charge is -2.11. The average molecular weight is 184 g/mol. The first-order valence-electron chi connectivity index (χ1n) is 3.47. The second-order valence-corrected chi connectivity index (χ2v) is 2.07. The van der Waals surface area contributed by atoms with Gasteiger partial charge in [-0.05, 0) is 16.6 Å². The predicted octanol–water partition coefficient (Wildman–Crippen LogP) is 0.136. The average Bonchev–Trinajstić information content (AvgIpc) is 2.52. The highest BCUT2D eigenvalue weighted by Gasteiger charge is 2.18. The Hall–Kier alpha value is -1.92. The molecule has 0 aromatic carbocycles. The van der Waals surface area contributed by atoms with Gasteiger partial charge >= 0.3 is 5.82 Å². The van der Waals surface area contributed by atoms with E-state index in [0.29, 0.717) is 0 Å². The van der Waals surface area contributed by atoms with E-state index in [1.54, 1.807) is 6.92 Å². The van der Waals surface area contributed by atoms with Gasteiger partial charge in [-0.25, -0.2) is 0 Å². The molecule has 1 aliphatic heterocycles. The number of nitrogens with zero attached hydrogens (tertiary/aromatic N) is 3. The molecule has 13 heavy (non-hydrogen) atoms. The zero-order valence-corrected chi connectivity index (χ0v) is 6.76. The molecule has 0 aliphatic carbocycles. The van der Waals surface area contributed by atoms with Gasteiger partial charge in [0.1, 0.15) is 5.70 Å². The van der Waals surface area contributed by atoms with Gasteiger partial charge in [0.2, 0.25) is 0 Å². The molecule has 0 amide bonds. The zero-order chi connectivity index (χ0) is 9.84. The molecule has 0 spiro atoms. The van der Waals surface area contributed by atoms with E-state index in [1.807, 2.05) is 0 Å². The van der Waals surface area contributed by atoms with E-state index in [0.717, 1.165) is 6.08 Å². The van der Waals surface area contributed by atoms with E-state index < -0.39 is 16.7 Å². The zero-order valence-electron chi connectivity index (χ0n) is 6.76. The molecule has 0 aromatic rings. The Balaban J connectivity index is 2.84. The van der Waals surface area contributed by atoms with E-state index >= 15 is 0 Å².